The predicted molar refractivity (Wildman–Crippen MR) is 99.6 cm³/mol. The number of benzene rings is 1. The maximum absolute atomic E-state index is 13.2. The minimum Gasteiger partial charge on any atom is -0.497 e. The molecule has 1 aliphatic heterocycles. The second-order valence-electron chi connectivity index (χ2n) is 7.77. The summed E-state index contributed by atoms with van der Waals surface area (Å²) in [7, 11) is 3.56. The number of imide groups is 1. The number of urea groups is 1. The lowest BCUT2D eigenvalue weighted by Crippen LogP contribution is -2.59. The number of hydrogen-bond donors (Lipinski definition) is 1. The summed E-state index contributed by atoms with van der Waals surface area (Å²) in [5.74, 6) is 1.06. The molecule has 26 heavy (non-hydrogen) atoms. The van der Waals surface area contributed by atoms with Gasteiger partial charge in [-0.3, -0.25) is 9.69 Å². The van der Waals surface area contributed by atoms with Crippen molar-refractivity contribution in [3.05, 3.63) is 29.8 Å². The van der Waals surface area contributed by atoms with Crippen LogP contribution in [0, 0.1) is 11.8 Å². The number of methoxy groups -OCH3 is 1. The van der Waals surface area contributed by atoms with Gasteiger partial charge in [0.1, 0.15) is 11.3 Å². The highest BCUT2D eigenvalue weighted by Gasteiger charge is 2.58. The van der Waals surface area contributed by atoms with Crippen molar-refractivity contribution in [3.63, 3.8) is 0 Å². The molecule has 1 spiro atoms. The molecule has 1 aromatic carbocycles. The first-order valence-corrected chi connectivity index (χ1v) is 9.34. The molecule has 2 unspecified atom stereocenters. The van der Waals surface area contributed by atoms with Crippen LogP contribution in [0.5, 0.6) is 5.75 Å². The minimum absolute atomic E-state index is 0.0697. The average molecular weight is 359 g/mol. The second-order valence-corrected chi connectivity index (χ2v) is 7.77. The fourth-order valence-electron chi connectivity index (χ4n) is 4.46. The summed E-state index contributed by atoms with van der Waals surface area (Å²) in [4.78, 5) is 29.1. The van der Waals surface area contributed by atoms with Crippen LogP contribution in [-0.2, 0) is 11.3 Å². The molecule has 1 aliphatic carbocycles. The predicted octanol–water partition coefficient (Wildman–Crippen LogP) is 2.83. The zero-order valence-corrected chi connectivity index (χ0v) is 16.1. The quantitative estimate of drug-likeness (QED) is 0.821. The summed E-state index contributed by atoms with van der Waals surface area (Å²) in [5.41, 5.74) is 0.347. The van der Waals surface area contributed by atoms with E-state index in [-0.39, 0.29) is 30.4 Å². The van der Waals surface area contributed by atoms with Crippen molar-refractivity contribution in [2.45, 2.75) is 45.2 Å². The van der Waals surface area contributed by atoms with Gasteiger partial charge in [-0.15, -0.1) is 0 Å². The monoisotopic (exact) mass is 359 g/mol. The van der Waals surface area contributed by atoms with Crippen molar-refractivity contribution in [2.24, 2.45) is 11.8 Å². The zero-order valence-electron chi connectivity index (χ0n) is 16.1. The number of rotatable bonds is 5. The number of nitrogens with one attached hydrogen (secondary N) is 1. The Morgan fingerprint density at radius 3 is 2.62 bits per heavy atom. The van der Waals surface area contributed by atoms with Crippen LogP contribution in [0.3, 0.4) is 0 Å². The molecule has 0 radical (unpaired) electrons. The van der Waals surface area contributed by atoms with E-state index in [1.165, 1.54) is 4.90 Å². The molecule has 6 nitrogen and oxygen atoms in total. The highest BCUT2D eigenvalue weighted by molar-refractivity contribution is 6.07. The van der Waals surface area contributed by atoms with E-state index in [9.17, 15) is 9.59 Å². The molecule has 1 aromatic rings. The third-order valence-corrected chi connectivity index (χ3v) is 5.96. The van der Waals surface area contributed by atoms with E-state index in [1.807, 2.05) is 36.2 Å². The Kier molecular flexibility index (Phi) is 5.23. The minimum atomic E-state index is -0.730. The van der Waals surface area contributed by atoms with Gasteiger partial charge in [0.2, 0.25) is 0 Å². The van der Waals surface area contributed by atoms with Crippen molar-refractivity contribution in [2.75, 3.05) is 20.8 Å². The second kappa shape index (κ2) is 7.27. The molecule has 1 heterocycles. The van der Waals surface area contributed by atoms with Gasteiger partial charge in [-0.1, -0.05) is 32.4 Å². The van der Waals surface area contributed by atoms with Crippen LogP contribution in [0.25, 0.3) is 0 Å². The van der Waals surface area contributed by atoms with Gasteiger partial charge < -0.3 is 10.1 Å². The van der Waals surface area contributed by atoms with Gasteiger partial charge in [0.25, 0.3) is 5.91 Å². The fraction of sp³-hybridized carbons (Fsp3) is 0.600. The highest BCUT2D eigenvalue weighted by Crippen LogP contribution is 2.42. The number of ether oxygens (including phenoxy) is 1. The molecule has 6 heteroatoms. The van der Waals surface area contributed by atoms with Crippen LogP contribution in [-0.4, -0.2) is 48.1 Å². The van der Waals surface area contributed by atoms with E-state index in [0.717, 1.165) is 30.6 Å². The first kappa shape index (κ1) is 18.7. The van der Waals surface area contributed by atoms with E-state index in [2.05, 4.69) is 19.2 Å². The van der Waals surface area contributed by atoms with Gasteiger partial charge in [0.05, 0.1) is 13.8 Å². The molecule has 3 rings (SSSR count). The van der Waals surface area contributed by atoms with Crippen LogP contribution < -0.4 is 10.1 Å². The number of hydrogen-bond acceptors (Lipinski definition) is 4. The van der Waals surface area contributed by atoms with Gasteiger partial charge in [0, 0.05) is 6.54 Å². The number of amides is 3. The maximum Gasteiger partial charge on any atom is 0.326 e. The van der Waals surface area contributed by atoms with Gasteiger partial charge >= 0.3 is 6.03 Å². The number of nitrogens with zero attached hydrogens (tertiary/aromatic N) is 2. The zero-order chi connectivity index (χ0) is 18.9. The van der Waals surface area contributed by atoms with Crippen LogP contribution in [0.1, 0.15) is 38.7 Å². The van der Waals surface area contributed by atoms with Crippen molar-refractivity contribution in [3.8, 4) is 5.75 Å². The molecular weight excluding hydrogens is 330 g/mol. The standard InChI is InChI=1S/C20H29N3O3/c1-14-7-5-8-15(2)20(14)18(24)23(19(25)21-20)13-22(3)12-16-9-6-10-17(11-16)26-4/h6,9-11,14-15H,5,7-8,12-13H2,1-4H3,(H,21,25). The molecule has 3 amide bonds. The van der Waals surface area contributed by atoms with Crippen LogP contribution in [0.2, 0.25) is 0 Å². The molecule has 142 valence electrons. The molecule has 2 atom stereocenters. The summed E-state index contributed by atoms with van der Waals surface area (Å²) in [6.07, 6.45) is 3.07. The summed E-state index contributed by atoms with van der Waals surface area (Å²) in [6, 6.07) is 7.55. The highest BCUT2D eigenvalue weighted by atomic mass is 16.5. The topological polar surface area (TPSA) is 61.9 Å². The maximum atomic E-state index is 13.2. The van der Waals surface area contributed by atoms with Crippen molar-refractivity contribution < 1.29 is 14.3 Å². The van der Waals surface area contributed by atoms with E-state index < -0.39 is 5.54 Å². The molecule has 0 aromatic heterocycles. The largest absolute Gasteiger partial charge is 0.497 e. The Balaban J connectivity index is 1.71. The van der Waals surface area contributed by atoms with Gasteiger partial charge in [-0.2, -0.15) is 0 Å². The van der Waals surface area contributed by atoms with Crippen LogP contribution in [0.4, 0.5) is 4.79 Å². The molecule has 2 fully saturated rings. The fourth-order valence-corrected chi connectivity index (χ4v) is 4.46. The molecule has 2 aliphatic rings. The van der Waals surface area contributed by atoms with Gasteiger partial charge in [-0.25, -0.2) is 9.69 Å². The summed E-state index contributed by atoms with van der Waals surface area (Å²) < 4.78 is 5.26. The molecule has 0 bridgehead atoms. The Labute approximate surface area is 155 Å². The third kappa shape index (κ3) is 3.18. The lowest BCUT2D eigenvalue weighted by Gasteiger charge is -2.42. The molecule has 1 N–H and O–H groups in total. The van der Waals surface area contributed by atoms with E-state index >= 15 is 0 Å². The summed E-state index contributed by atoms with van der Waals surface area (Å²) in [5, 5.41) is 3.05. The molecular formula is C20H29N3O3. The first-order chi connectivity index (χ1) is 12.4. The number of carbonyl (C=O) groups excluding carboxylic acids is 2. The number of carbonyl (C=O) groups is 2. The van der Waals surface area contributed by atoms with Crippen LogP contribution in [0.15, 0.2) is 24.3 Å². The Morgan fingerprint density at radius 2 is 1.96 bits per heavy atom. The molecule has 1 saturated carbocycles. The summed E-state index contributed by atoms with van der Waals surface area (Å²) in [6.45, 7) is 5.07. The lowest BCUT2D eigenvalue weighted by atomic mass is 9.67. The smallest absolute Gasteiger partial charge is 0.326 e. The van der Waals surface area contributed by atoms with Crippen molar-refractivity contribution >= 4 is 11.9 Å². The van der Waals surface area contributed by atoms with E-state index in [1.54, 1.807) is 7.11 Å². The Hall–Kier alpha value is -2.08. The third-order valence-electron chi connectivity index (χ3n) is 5.96. The van der Waals surface area contributed by atoms with Crippen molar-refractivity contribution in [1.82, 2.24) is 15.1 Å². The van der Waals surface area contributed by atoms with E-state index in [0.29, 0.717) is 6.54 Å². The average Bonchev–Trinajstić information content (AvgIpc) is 2.86. The van der Waals surface area contributed by atoms with Gasteiger partial charge in [-0.05, 0) is 49.4 Å². The lowest BCUT2D eigenvalue weighted by molar-refractivity contribution is -0.137. The molecule has 1 saturated heterocycles. The van der Waals surface area contributed by atoms with Crippen molar-refractivity contribution in [1.29, 1.82) is 0 Å². The Morgan fingerprint density at radius 1 is 1.27 bits per heavy atom. The van der Waals surface area contributed by atoms with Gasteiger partial charge in [0.15, 0.2) is 0 Å². The van der Waals surface area contributed by atoms with Crippen LogP contribution >= 0.6 is 0 Å². The Bertz CT molecular complexity index is 681. The van der Waals surface area contributed by atoms with E-state index in [4.69, 9.17) is 4.74 Å². The summed E-state index contributed by atoms with van der Waals surface area (Å²) >= 11 is 0. The SMILES string of the molecule is COc1cccc(CN(C)CN2C(=O)NC3(C2=O)C(C)CCCC3C)c1. The normalized spacial score (nSPS) is 28.7. The first-order valence-electron chi connectivity index (χ1n) is 9.34.